The Hall–Kier alpha value is -3.02. The summed E-state index contributed by atoms with van der Waals surface area (Å²) in [7, 11) is -3.72. The van der Waals surface area contributed by atoms with Gasteiger partial charge >= 0.3 is 0 Å². The topological polar surface area (TPSA) is 49.7 Å². The third-order valence-electron chi connectivity index (χ3n) is 5.58. The predicted octanol–water partition coefficient (Wildman–Crippen LogP) is 6.22. The number of nitrogens with zero attached hydrogens (tertiary/aromatic N) is 2. The Labute approximate surface area is 204 Å². The van der Waals surface area contributed by atoms with Gasteiger partial charge in [-0.2, -0.15) is 4.31 Å². The molecule has 178 valence electrons. The van der Waals surface area contributed by atoms with Crippen LogP contribution in [-0.2, 0) is 23.0 Å². The largest absolute Gasteiger partial charge is 0.291 e. The van der Waals surface area contributed by atoms with Crippen molar-refractivity contribution in [3.63, 3.8) is 0 Å². The Bertz CT molecular complexity index is 1180. The van der Waals surface area contributed by atoms with Gasteiger partial charge in [-0.3, -0.25) is 4.99 Å². The smallest absolute Gasteiger partial charge is 0.243 e. The summed E-state index contributed by atoms with van der Waals surface area (Å²) < 4.78 is 29.3. The molecule has 0 spiro atoms. The molecule has 3 rings (SSSR count). The van der Waals surface area contributed by atoms with Gasteiger partial charge in [-0.1, -0.05) is 90.0 Å². The standard InChI is InChI=1S/C29H34N2O2S/c1-24(2)11-10-20-31(34(32,33)29-18-16-25(3)17-19-29)28(21-26-12-6-4-7-13-26)23-30-22-27-14-8-5-9-15-27/h4-9,11-19,23,28H,10,20-22H2,1-3H3/t28-/m0/s1. The molecule has 0 bridgehead atoms. The van der Waals surface area contributed by atoms with Crippen molar-refractivity contribution in [2.75, 3.05) is 6.54 Å². The minimum absolute atomic E-state index is 0.310. The summed E-state index contributed by atoms with van der Waals surface area (Å²) in [6.07, 6.45) is 5.09. The number of benzene rings is 3. The molecule has 0 unspecified atom stereocenters. The molecular weight excluding hydrogens is 440 g/mol. The molecule has 0 aliphatic carbocycles. The number of sulfonamides is 1. The highest BCUT2D eigenvalue weighted by atomic mass is 32.2. The zero-order valence-electron chi connectivity index (χ0n) is 20.3. The van der Waals surface area contributed by atoms with Gasteiger partial charge in [0.15, 0.2) is 0 Å². The van der Waals surface area contributed by atoms with Crippen molar-refractivity contribution in [3.8, 4) is 0 Å². The molecule has 3 aromatic carbocycles. The first-order valence-electron chi connectivity index (χ1n) is 11.7. The highest BCUT2D eigenvalue weighted by Crippen LogP contribution is 2.21. The Balaban J connectivity index is 1.97. The molecule has 1 atom stereocenters. The molecule has 0 fully saturated rings. The second kappa shape index (κ2) is 12.4. The van der Waals surface area contributed by atoms with Gasteiger partial charge in [-0.05, 0) is 56.9 Å². The first kappa shape index (κ1) is 25.6. The Kier molecular flexibility index (Phi) is 9.37. The summed E-state index contributed by atoms with van der Waals surface area (Å²) >= 11 is 0. The number of aryl methyl sites for hydroxylation is 1. The van der Waals surface area contributed by atoms with Crippen molar-refractivity contribution in [2.24, 2.45) is 4.99 Å². The Morgan fingerprint density at radius 1 is 0.882 bits per heavy atom. The van der Waals surface area contributed by atoms with Crippen molar-refractivity contribution in [2.45, 2.75) is 51.1 Å². The predicted molar refractivity (Wildman–Crippen MR) is 142 cm³/mol. The fourth-order valence-electron chi connectivity index (χ4n) is 3.74. The van der Waals surface area contributed by atoms with Gasteiger partial charge in [0, 0.05) is 12.8 Å². The van der Waals surface area contributed by atoms with Crippen LogP contribution in [0.5, 0.6) is 0 Å². The fourth-order valence-corrected chi connectivity index (χ4v) is 5.32. The van der Waals surface area contributed by atoms with Crippen molar-refractivity contribution in [1.29, 1.82) is 0 Å². The van der Waals surface area contributed by atoms with Crippen LogP contribution in [-0.4, -0.2) is 31.5 Å². The summed E-state index contributed by atoms with van der Waals surface area (Å²) in [5.74, 6) is 0. The van der Waals surface area contributed by atoms with Crippen molar-refractivity contribution in [3.05, 3.63) is 113 Å². The van der Waals surface area contributed by atoms with Crippen LogP contribution in [0, 0.1) is 6.92 Å². The normalized spacial score (nSPS) is 12.7. The maximum Gasteiger partial charge on any atom is 0.243 e. The van der Waals surface area contributed by atoms with Crippen LogP contribution in [0.4, 0.5) is 0 Å². The van der Waals surface area contributed by atoms with Crippen LogP contribution in [0.25, 0.3) is 0 Å². The molecule has 0 N–H and O–H groups in total. The van der Waals surface area contributed by atoms with Crippen LogP contribution >= 0.6 is 0 Å². The zero-order chi connectivity index (χ0) is 24.4. The minimum atomic E-state index is -3.72. The van der Waals surface area contributed by atoms with Gasteiger partial charge in [0.05, 0.1) is 17.5 Å². The second-order valence-electron chi connectivity index (χ2n) is 8.73. The average Bonchev–Trinajstić information content (AvgIpc) is 2.83. The Morgan fingerprint density at radius 3 is 2.06 bits per heavy atom. The zero-order valence-corrected chi connectivity index (χ0v) is 21.1. The highest BCUT2D eigenvalue weighted by molar-refractivity contribution is 7.89. The van der Waals surface area contributed by atoms with Crippen LogP contribution in [0.2, 0.25) is 0 Å². The van der Waals surface area contributed by atoms with Gasteiger partial charge in [0.25, 0.3) is 0 Å². The lowest BCUT2D eigenvalue weighted by atomic mass is 10.1. The molecule has 0 radical (unpaired) electrons. The third kappa shape index (κ3) is 7.51. The van der Waals surface area contributed by atoms with E-state index in [2.05, 4.69) is 11.1 Å². The van der Waals surface area contributed by atoms with Gasteiger partial charge in [0.2, 0.25) is 10.0 Å². The van der Waals surface area contributed by atoms with E-state index in [0.29, 0.717) is 30.8 Å². The van der Waals surface area contributed by atoms with Crippen LogP contribution in [0.3, 0.4) is 0 Å². The summed E-state index contributed by atoms with van der Waals surface area (Å²) in [6.45, 7) is 6.91. The maximum absolute atomic E-state index is 13.8. The van der Waals surface area contributed by atoms with Crippen LogP contribution in [0.15, 0.2) is 106 Å². The van der Waals surface area contributed by atoms with E-state index < -0.39 is 16.1 Å². The molecule has 0 aromatic heterocycles. The minimum Gasteiger partial charge on any atom is -0.291 e. The van der Waals surface area contributed by atoms with Crippen LogP contribution in [0.1, 0.15) is 37.0 Å². The number of aliphatic imine (C=N–C) groups is 1. The van der Waals surface area contributed by atoms with E-state index >= 15 is 0 Å². The van der Waals surface area contributed by atoms with Gasteiger partial charge in [-0.25, -0.2) is 8.42 Å². The molecule has 34 heavy (non-hydrogen) atoms. The number of allylic oxidation sites excluding steroid dienone is 1. The molecular formula is C29H34N2O2S. The molecule has 5 heteroatoms. The number of hydrogen-bond donors (Lipinski definition) is 0. The van der Waals surface area contributed by atoms with E-state index in [4.69, 9.17) is 0 Å². The lowest BCUT2D eigenvalue weighted by Gasteiger charge is -2.29. The highest BCUT2D eigenvalue weighted by Gasteiger charge is 2.30. The lowest BCUT2D eigenvalue weighted by Crippen LogP contribution is -2.43. The molecule has 0 saturated carbocycles. The third-order valence-corrected chi connectivity index (χ3v) is 7.52. The first-order chi connectivity index (χ1) is 16.4. The monoisotopic (exact) mass is 474 g/mol. The Morgan fingerprint density at radius 2 is 1.47 bits per heavy atom. The van der Waals surface area contributed by atoms with E-state index in [9.17, 15) is 8.42 Å². The summed E-state index contributed by atoms with van der Waals surface area (Å²) in [6, 6.07) is 26.7. The summed E-state index contributed by atoms with van der Waals surface area (Å²) in [4.78, 5) is 4.99. The molecule has 0 saturated heterocycles. The molecule has 0 amide bonds. The SMILES string of the molecule is CC(C)=CCCN([C@H](C=NCc1ccccc1)Cc1ccccc1)S(=O)(=O)c1ccc(C)cc1. The quantitative estimate of drug-likeness (QED) is 0.244. The van der Waals surface area contributed by atoms with Gasteiger partial charge in [0.1, 0.15) is 0 Å². The molecule has 4 nitrogen and oxygen atoms in total. The average molecular weight is 475 g/mol. The van der Waals surface area contributed by atoms with Gasteiger partial charge < -0.3 is 0 Å². The lowest BCUT2D eigenvalue weighted by molar-refractivity contribution is 0.382. The second-order valence-corrected chi connectivity index (χ2v) is 10.6. The molecule has 0 aliphatic heterocycles. The van der Waals surface area contributed by atoms with E-state index in [1.54, 1.807) is 16.4 Å². The molecule has 3 aromatic rings. The fraction of sp³-hybridized carbons (Fsp3) is 0.276. The van der Waals surface area contributed by atoms with Gasteiger partial charge in [-0.15, -0.1) is 0 Å². The molecule has 0 heterocycles. The first-order valence-corrected chi connectivity index (χ1v) is 13.1. The maximum atomic E-state index is 13.8. The van der Waals surface area contributed by atoms with E-state index in [1.807, 2.05) is 99.8 Å². The molecule has 0 aliphatic rings. The van der Waals surface area contributed by atoms with E-state index in [-0.39, 0.29) is 0 Å². The summed E-state index contributed by atoms with van der Waals surface area (Å²) in [5, 5.41) is 0. The van der Waals surface area contributed by atoms with Crippen molar-refractivity contribution in [1.82, 2.24) is 4.31 Å². The van der Waals surface area contributed by atoms with E-state index in [0.717, 1.165) is 16.7 Å². The number of rotatable bonds is 11. The van der Waals surface area contributed by atoms with E-state index in [1.165, 1.54) is 5.57 Å². The summed E-state index contributed by atoms with van der Waals surface area (Å²) in [5.41, 5.74) is 4.37. The van der Waals surface area contributed by atoms with Crippen molar-refractivity contribution < 1.29 is 8.42 Å². The number of hydrogen-bond acceptors (Lipinski definition) is 3. The van der Waals surface area contributed by atoms with Crippen molar-refractivity contribution >= 4 is 16.2 Å². The van der Waals surface area contributed by atoms with Crippen LogP contribution < -0.4 is 0 Å².